The van der Waals surface area contributed by atoms with Crippen LogP contribution in [0.3, 0.4) is 0 Å². The van der Waals surface area contributed by atoms with Gasteiger partial charge in [-0.05, 0) is 49.9 Å². The van der Waals surface area contributed by atoms with Crippen LogP contribution in [0.15, 0.2) is 0 Å². The van der Waals surface area contributed by atoms with Gasteiger partial charge in [0.1, 0.15) is 0 Å². The number of hydrogen-bond donors (Lipinski definition) is 1. The number of amides is 1. The molecule has 2 rings (SSSR count). The van der Waals surface area contributed by atoms with Gasteiger partial charge in [-0.3, -0.25) is 4.79 Å². The van der Waals surface area contributed by atoms with Crippen LogP contribution in [0.5, 0.6) is 0 Å². The van der Waals surface area contributed by atoms with Crippen molar-refractivity contribution in [2.24, 2.45) is 29.4 Å². The molecule has 2 aliphatic carbocycles. The smallest absolute Gasteiger partial charge is 0.220 e. The Morgan fingerprint density at radius 1 is 1.13 bits per heavy atom. The van der Waals surface area contributed by atoms with E-state index in [2.05, 4.69) is 6.92 Å². The Balaban J connectivity index is 1.91. The predicted octanol–water partition coefficient (Wildman–Crippen LogP) is 2.71. The molecule has 2 heteroatoms. The summed E-state index contributed by atoms with van der Waals surface area (Å²) < 4.78 is 0. The van der Waals surface area contributed by atoms with Crippen molar-refractivity contribution in [3.63, 3.8) is 0 Å². The third-order valence-electron chi connectivity index (χ3n) is 4.70. The van der Waals surface area contributed by atoms with E-state index in [-0.39, 0.29) is 11.8 Å². The quantitative estimate of drug-likeness (QED) is 0.746. The molecular weight excluding hydrogens is 186 g/mol. The van der Waals surface area contributed by atoms with Crippen molar-refractivity contribution in [1.29, 1.82) is 0 Å². The van der Waals surface area contributed by atoms with Gasteiger partial charge in [-0.2, -0.15) is 0 Å². The van der Waals surface area contributed by atoms with Crippen LogP contribution in [-0.4, -0.2) is 5.91 Å². The number of fused-ring (bicyclic) bond motifs is 1. The fraction of sp³-hybridized carbons (Fsp3) is 0.923. The Morgan fingerprint density at radius 2 is 1.80 bits per heavy atom. The molecule has 15 heavy (non-hydrogen) atoms. The monoisotopic (exact) mass is 209 g/mol. The maximum absolute atomic E-state index is 11.2. The van der Waals surface area contributed by atoms with E-state index in [1.807, 2.05) is 0 Å². The first-order chi connectivity index (χ1) is 7.20. The van der Waals surface area contributed by atoms with E-state index in [9.17, 15) is 4.79 Å². The molecule has 0 bridgehead atoms. The molecule has 86 valence electrons. The van der Waals surface area contributed by atoms with E-state index >= 15 is 0 Å². The van der Waals surface area contributed by atoms with Crippen molar-refractivity contribution in [2.75, 3.05) is 0 Å². The van der Waals surface area contributed by atoms with Gasteiger partial charge < -0.3 is 5.73 Å². The zero-order chi connectivity index (χ0) is 10.8. The third kappa shape index (κ3) is 2.35. The normalized spacial score (nSPS) is 40.9. The van der Waals surface area contributed by atoms with Crippen LogP contribution in [0.25, 0.3) is 0 Å². The van der Waals surface area contributed by atoms with Crippen LogP contribution >= 0.6 is 0 Å². The van der Waals surface area contributed by atoms with Crippen LogP contribution in [0.4, 0.5) is 0 Å². The minimum Gasteiger partial charge on any atom is -0.369 e. The van der Waals surface area contributed by atoms with Crippen LogP contribution in [0.1, 0.15) is 51.9 Å². The molecule has 2 N–H and O–H groups in total. The molecule has 4 atom stereocenters. The van der Waals surface area contributed by atoms with Gasteiger partial charge in [-0.15, -0.1) is 0 Å². The lowest BCUT2D eigenvalue weighted by molar-refractivity contribution is -0.124. The highest BCUT2D eigenvalue weighted by molar-refractivity contribution is 5.76. The van der Waals surface area contributed by atoms with E-state index in [1.165, 1.54) is 32.1 Å². The van der Waals surface area contributed by atoms with Gasteiger partial charge in [-0.25, -0.2) is 0 Å². The molecule has 0 saturated heterocycles. The zero-order valence-electron chi connectivity index (χ0n) is 9.74. The molecule has 2 unspecified atom stereocenters. The summed E-state index contributed by atoms with van der Waals surface area (Å²) in [5.74, 6) is 2.78. The molecule has 2 fully saturated rings. The molecule has 2 nitrogen and oxygen atoms in total. The highest BCUT2D eigenvalue weighted by atomic mass is 16.1. The Kier molecular flexibility index (Phi) is 3.32. The number of rotatable bonds is 2. The van der Waals surface area contributed by atoms with Gasteiger partial charge in [0.05, 0.1) is 0 Å². The van der Waals surface area contributed by atoms with Crippen molar-refractivity contribution < 1.29 is 4.79 Å². The first-order valence-electron chi connectivity index (χ1n) is 6.50. The highest BCUT2D eigenvalue weighted by Crippen LogP contribution is 2.45. The molecule has 1 amide bonds. The SMILES string of the molecule is CCC1CCC2C[C@H](C(N)=O)CC[C@@H]2C1. The van der Waals surface area contributed by atoms with E-state index < -0.39 is 0 Å². The van der Waals surface area contributed by atoms with E-state index in [1.54, 1.807) is 0 Å². The number of hydrogen-bond acceptors (Lipinski definition) is 1. The lowest BCUT2D eigenvalue weighted by Crippen LogP contribution is -2.35. The second kappa shape index (κ2) is 4.54. The minimum absolute atomic E-state index is 0.0638. The Bertz CT molecular complexity index is 239. The van der Waals surface area contributed by atoms with Crippen LogP contribution < -0.4 is 5.73 Å². The van der Waals surface area contributed by atoms with E-state index in [0.717, 1.165) is 30.6 Å². The number of carbonyl (C=O) groups excluding carboxylic acids is 1. The molecule has 0 aromatic rings. The molecule has 2 aliphatic rings. The molecule has 0 aromatic carbocycles. The summed E-state index contributed by atoms with van der Waals surface area (Å²) in [5.41, 5.74) is 5.40. The Morgan fingerprint density at radius 3 is 2.47 bits per heavy atom. The summed E-state index contributed by atoms with van der Waals surface area (Å²) >= 11 is 0. The molecule has 0 aliphatic heterocycles. The molecule has 0 aromatic heterocycles. The van der Waals surface area contributed by atoms with Gasteiger partial charge in [0, 0.05) is 5.92 Å². The van der Waals surface area contributed by atoms with Gasteiger partial charge in [0.25, 0.3) is 0 Å². The lowest BCUT2D eigenvalue weighted by atomic mass is 9.64. The molecule has 0 spiro atoms. The Hall–Kier alpha value is -0.530. The molecule has 0 heterocycles. The van der Waals surface area contributed by atoms with Crippen molar-refractivity contribution in [3.05, 3.63) is 0 Å². The van der Waals surface area contributed by atoms with Gasteiger partial charge in [0.2, 0.25) is 5.91 Å². The second-order valence-corrected chi connectivity index (χ2v) is 5.52. The topological polar surface area (TPSA) is 43.1 Å². The fourth-order valence-electron chi connectivity index (χ4n) is 3.62. The molecule has 0 radical (unpaired) electrons. The number of carbonyl (C=O) groups is 1. The third-order valence-corrected chi connectivity index (χ3v) is 4.70. The zero-order valence-corrected chi connectivity index (χ0v) is 9.74. The predicted molar refractivity (Wildman–Crippen MR) is 61.1 cm³/mol. The first kappa shape index (κ1) is 11.0. The second-order valence-electron chi connectivity index (χ2n) is 5.52. The van der Waals surface area contributed by atoms with E-state index in [0.29, 0.717) is 0 Å². The highest BCUT2D eigenvalue weighted by Gasteiger charge is 2.36. The molecular formula is C13H23NO. The van der Waals surface area contributed by atoms with Gasteiger partial charge in [-0.1, -0.05) is 19.8 Å². The van der Waals surface area contributed by atoms with Gasteiger partial charge >= 0.3 is 0 Å². The van der Waals surface area contributed by atoms with Crippen LogP contribution in [0.2, 0.25) is 0 Å². The van der Waals surface area contributed by atoms with Crippen LogP contribution in [0, 0.1) is 23.7 Å². The number of primary amides is 1. The van der Waals surface area contributed by atoms with Crippen molar-refractivity contribution >= 4 is 5.91 Å². The van der Waals surface area contributed by atoms with Crippen molar-refractivity contribution in [1.82, 2.24) is 0 Å². The average Bonchev–Trinajstić information content (AvgIpc) is 2.27. The minimum atomic E-state index is -0.0638. The number of nitrogens with two attached hydrogens (primary N) is 1. The summed E-state index contributed by atoms with van der Waals surface area (Å²) in [5, 5.41) is 0. The fourth-order valence-corrected chi connectivity index (χ4v) is 3.62. The molecule has 2 saturated carbocycles. The standard InChI is InChI=1S/C13H23NO/c1-2-9-3-4-11-8-12(13(14)15)6-5-10(11)7-9/h9-12H,2-8H2,1H3,(H2,14,15)/t9?,10-,11?,12-/m1/s1. The summed E-state index contributed by atoms with van der Waals surface area (Å²) in [4.78, 5) is 11.2. The average molecular weight is 209 g/mol. The van der Waals surface area contributed by atoms with Gasteiger partial charge in [0.15, 0.2) is 0 Å². The van der Waals surface area contributed by atoms with E-state index in [4.69, 9.17) is 5.73 Å². The van der Waals surface area contributed by atoms with Crippen LogP contribution in [-0.2, 0) is 4.79 Å². The van der Waals surface area contributed by atoms with Crippen molar-refractivity contribution in [2.45, 2.75) is 51.9 Å². The maximum Gasteiger partial charge on any atom is 0.220 e. The summed E-state index contributed by atoms with van der Waals surface area (Å²) in [6.07, 6.45) is 8.84. The van der Waals surface area contributed by atoms with Crippen molar-refractivity contribution in [3.8, 4) is 0 Å². The largest absolute Gasteiger partial charge is 0.369 e. The summed E-state index contributed by atoms with van der Waals surface area (Å²) in [7, 11) is 0. The maximum atomic E-state index is 11.2. The summed E-state index contributed by atoms with van der Waals surface area (Å²) in [6, 6.07) is 0. The summed E-state index contributed by atoms with van der Waals surface area (Å²) in [6.45, 7) is 2.31. The lowest BCUT2D eigenvalue weighted by Gasteiger charge is -2.41. The Labute approximate surface area is 92.6 Å². The first-order valence-corrected chi connectivity index (χ1v) is 6.50.